The van der Waals surface area contributed by atoms with E-state index in [1.807, 2.05) is 31.2 Å². The fourth-order valence-electron chi connectivity index (χ4n) is 3.03. The summed E-state index contributed by atoms with van der Waals surface area (Å²) in [5.74, 6) is 1.21. The van der Waals surface area contributed by atoms with Gasteiger partial charge in [-0.3, -0.25) is 14.2 Å². The van der Waals surface area contributed by atoms with Gasteiger partial charge in [-0.1, -0.05) is 29.8 Å². The minimum atomic E-state index is -0.600. The number of hydrogen-bond donors (Lipinski definition) is 0. The third-order valence-electron chi connectivity index (χ3n) is 4.30. The summed E-state index contributed by atoms with van der Waals surface area (Å²) < 4.78 is 13.8. The summed E-state index contributed by atoms with van der Waals surface area (Å²) in [5.41, 5.74) is 1.49. The van der Waals surface area contributed by atoms with Crippen LogP contribution in [0, 0.1) is 6.92 Å². The van der Waals surface area contributed by atoms with Crippen LogP contribution in [0.4, 0.5) is 0 Å². The van der Waals surface area contributed by atoms with Gasteiger partial charge in [0.1, 0.15) is 13.2 Å². The van der Waals surface area contributed by atoms with E-state index in [1.165, 1.54) is 9.13 Å². The second-order valence-corrected chi connectivity index (χ2v) is 6.22. The Bertz CT molecular complexity index is 1080. The molecule has 132 valence electrons. The minimum Gasteiger partial charge on any atom is -0.486 e. The van der Waals surface area contributed by atoms with Crippen molar-refractivity contribution in [3.8, 4) is 17.2 Å². The molecule has 0 saturated carbocycles. The number of aryl methyl sites for hydroxylation is 1. The fraction of sp³-hybridized carbons (Fsp3) is 0.200. The molecule has 1 aliphatic heterocycles. The van der Waals surface area contributed by atoms with Gasteiger partial charge in [0.2, 0.25) is 0 Å². The number of fused-ring (bicyclic) bond motifs is 1. The second-order valence-electron chi connectivity index (χ2n) is 6.22. The molecule has 0 N–H and O–H groups in total. The molecule has 0 saturated heterocycles. The standard InChI is InChI=1S/C20H18N2O4/c1-14-3-2-4-15(11-14)13-21-7-8-22(20(24)19(21)23)16-5-6-17-18(12-16)26-10-9-25-17/h2-8,11-12H,9-10,13H2,1H3. The number of ether oxygens (including phenoxy) is 2. The normalized spacial score (nSPS) is 12.8. The molecule has 6 heteroatoms. The van der Waals surface area contributed by atoms with Crippen LogP contribution in [0.1, 0.15) is 11.1 Å². The average Bonchev–Trinajstić information content (AvgIpc) is 2.65. The van der Waals surface area contributed by atoms with Crippen molar-refractivity contribution >= 4 is 0 Å². The molecule has 2 heterocycles. The van der Waals surface area contributed by atoms with Gasteiger partial charge in [-0.25, -0.2) is 0 Å². The lowest BCUT2D eigenvalue weighted by atomic mass is 10.1. The number of hydrogen-bond acceptors (Lipinski definition) is 4. The Kier molecular flexibility index (Phi) is 4.08. The van der Waals surface area contributed by atoms with E-state index in [0.717, 1.165) is 11.1 Å². The summed E-state index contributed by atoms with van der Waals surface area (Å²) in [6.07, 6.45) is 3.23. The molecule has 0 aliphatic carbocycles. The number of aromatic nitrogens is 2. The predicted octanol–water partition coefficient (Wildman–Crippen LogP) is 2.13. The monoisotopic (exact) mass is 350 g/mol. The quantitative estimate of drug-likeness (QED) is 0.679. The van der Waals surface area contributed by atoms with Gasteiger partial charge in [0.05, 0.1) is 12.2 Å². The zero-order valence-corrected chi connectivity index (χ0v) is 14.3. The SMILES string of the molecule is Cc1cccc(Cn2ccn(-c3ccc4c(c3)OCCO4)c(=O)c2=O)c1. The Morgan fingerprint density at radius 2 is 1.73 bits per heavy atom. The van der Waals surface area contributed by atoms with Crippen molar-refractivity contribution in [3.05, 3.63) is 86.7 Å². The summed E-state index contributed by atoms with van der Waals surface area (Å²) in [5, 5.41) is 0. The second kappa shape index (κ2) is 6.55. The first-order valence-electron chi connectivity index (χ1n) is 8.39. The van der Waals surface area contributed by atoms with Gasteiger partial charge in [0, 0.05) is 18.5 Å². The topological polar surface area (TPSA) is 62.5 Å². The van der Waals surface area contributed by atoms with Gasteiger partial charge in [-0.05, 0) is 24.6 Å². The smallest absolute Gasteiger partial charge is 0.320 e. The molecule has 0 spiro atoms. The Labute approximate surface area is 149 Å². The molecule has 2 aromatic carbocycles. The molecule has 0 radical (unpaired) electrons. The maximum atomic E-state index is 12.6. The third-order valence-corrected chi connectivity index (χ3v) is 4.30. The van der Waals surface area contributed by atoms with Gasteiger partial charge in [0.25, 0.3) is 0 Å². The van der Waals surface area contributed by atoms with Gasteiger partial charge < -0.3 is 14.0 Å². The first-order chi connectivity index (χ1) is 12.6. The fourth-order valence-corrected chi connectivity index (χ4v) is 3.03. The Balaban J connectivity index is 1.70. The lowest BCUT2D eigenvalue weighted by Crippen LogP contribution is -2.40. The summed E-state index contributed by atoms with van der Waals surface area (Å²) in [7, 11) is 0. The van der Waals surface area contributed by atoms with Crippen molar-refractivity contribution in [3.63, 3.8) is 0 Å². The van der Waals surface area contributed by atoms with Gasteiger partial charge >= 0.3 is 11.1 Å². The summed E-state index contributed by atoms with van der Waals surface area (Å²) >= 11 is 0. The van der Waals surface area contributed by atoms with Crippen LogP contribution in [0.2, 0.25) is 0 Å². The summed E-state index contributed by atoms with van der Waals surface area (Å²) in [6.45, 7) is 3.31. The molecule has 0 atom stereocenters. The van der Waals surface area contributed by atoms with Crippen LogP contribution in [0.25, 0.3) is 5.69 Å². The first kappa shape index (κ1) is 16.2. The van der Waals surface area contributed by atoms with Crippen LogP contribution in [0.15, 0.2) is 64.4 Å². The molecule has 0 fully saturated rings. The summed E-state index contributed by atoms with van der Waals surface area (Å²) in [6, 6.07) is 13.1. The Morgan fingerprint density at radius 3 is 2.54 bits per heavy atom. The highest BCUT2D eigenvalue weighted by molar-refractivity contribution is 5.49. The van der Waals surface area contributed by atoms with Gasteiger partial charge in [-0.15, -0.1) is 0 Å². The van der Waals surface area contributed by atoms with Crippen LogP contribution >= 0.6 is 0 Å². The third kappa shape index (κ3) is 3.01. The lowest BCUT2D eigenvalue weighted by molar-refractivity contribution is 0.171. The molecular weight excluding hydrogens is 332 g/mol. The molecule has 6 nitrogen and oxygen atoms in total. The average molecular weight is 350 g/mol. The van der Waals surface area contributed by atoms with E-state index >= 15 is 0 Å². The van der Waals surface area contributed by atoms with Crippen molar-refractivity contribution in [1.82, 2.24) is 9.13 Å². The lowest BCUT2D eigenvalue weighted by Gasteiger charge is -2.19. The van der Waals surface area contributed by atoms with E-state index in [0.29, 0.717) is 36.9 Å². The molecule has 1 aliphatic rings. The maximum absolute atomic E-state index is 12.6. The predicted molar refractivity (Wildman–Crippen MR) is 97.6 cm³/mol. The highest BCUT2D eigenvalue weighted by Crippen LogP contribution is 2.31. The van der Waals surface area contributed by atoms with Crippen LogP contribution < -0.4 is 20.6 Å². The van der Waals surface area contributed by atoms with Gasteiger partial charge in [0.15, 0.2) is 11.5 Å². The number of benzene rings is 2. The molecule has 0 amide bonds. The van der Waals surface area contributed by atoms with E-state index in [4.69, 9.17) is 9.47 Å². The molecule has 1 aromatic heterocycles. The Hall–Kier alpha value is -3.28. The van der Waals surface area contributed by atoms with E-state index in [1.54, 1.807) is 30.6 Å². The molecule has 26 heavy (non-hydrogen) atoms. The van der Waals surface area contributed by atoms with E-state index in [2.05, 4.69) is 0 Å². The highest BCUT2D eigenvalue weighted by Gasteiger charge is 2.14. The Morgan fingerprint density at radius 1 is 0.923 bits per heavy atom. The molecule has 4 rings (SSSR count). The van der Waals surface area contributed by atoms with Crippen LogP contribution in [-0.2, 0) is 6.54 Å². The van der Waals surface area contributed by atoms with Crippen molar-refractivity contribution in [2.75, 3.05) is 13.2 Å². The largest absolute Gasteiger partial charge is 0.486 e. The maximum Gasteiger partial charge on any atom is 0.320 e. The van der Waals surface area contributed by atoms with E-state index < -0.39 is 11.1 Å². The molecule has 0 bridgehead atoms. The van der Waals surface area contributed by atoms with Gasteiger partial charge in [-0.2, -0.15) is 0 Å². The molecule has 0 unspecified atom stereocenters. The zero-order chi connectivity index (χ0) is 18.1. The van der Waals surface area contributed by atoms with Crippen molar-refractivity contribution < 1.29 is 9.47 Å². The van der Waals surface area contributed by atoms with E-state index in [9.17, 15) is 9.59 Å². The number of rotatable bonds is 3. The minimum absolute atomic E-state index is 0.359. The van der Waals surface area contributed by atoms with Crippen LogP contribution in [0.3, 0.4) is 0 Å². The highest BCUT2D eigenvalue weighted by atomic mass is 16.6. The molecule has 3 aromatic rings. The van der Waals surface area contributed by atoms with Crippen LogP contribution in [0.5, 0.6) is 11.5 Å². The number of nitrogens with zero attached hydrogens (tertiary/aromatic N) is 2. The van der Waals surface area contributed by atoms with Crippen molar-refractivity contribution in [2.45, 2.75) is 13.5 Å². The first-order valence-corrected chi connectivity index (χ1v) is 8.39. The molecular formula is C20H18N2O4. The zero-order valence-electron chi connectivity index (χ0n) is 14.3. The van der Waals surface area contributed by atoms with Crippen molar-refractivity contribution in [1.29, 1.82) is 0 Å². The summed E-state index contributed by atoms with van der Waals surface area (Å²) in [4.78, 5) is 25.1. The van der Waals surface area contributed by atoms with Crippen molar-refractivity contribution in [2.24, 2.45) is 0 Å². The van der Waals surface area contributed by atoms with Crippen LogP contribution in [-0.4, -0.2) is 22.3 Å². The van der Waals surface area contributed by atoms with E-state index in [-0.39, 0.29) is 0 Å².